The monoisotopic (exact) mass is 298 g/mol. The van der Waals surface area contributed by atoms with Crippen molar-refractivity contribution in [3.05, 3.63) is 34.3 Å². The van der Waals surface area contributed by atoms with E-state index in [4.69, 9.17) is 5.73 Å². The van der Waals surface area contributed by atoms with E-state index in [0.29, 0.717) is 0 Å². The lowest BCUT2D eigenvalue weighted by atomic mass is 10.0. The molecule has 1 aromatic rings. The largest absolute Gasteiger partial charge is 0.324 e. The van der Waals surface area contributed by atoms with Crippen molar-refractivity contribution >= 4 is 15.9 Å². The van der Waals surface area contributed by atoms with Crippen LogP contribution in [0.4, 0.5) is 0 Å². The number of nitrogens with zero attached hydrogens (tertiary/aromatic N) is 1. The first-order chi connectivity index (χ1) is 8.15. The van der Waals surface area contributed by atoms with E-state index in [1.165, 1.54) is 24.9 Å². The molecule has 0 aliphatic heterocycles. The summed E-state index contributed by atoms with van der Waals surface area (Å²) in [7, 11) is 2.17. The normalized spacial score (nSPS) is 13.0. The minimum absolute atomic E-state index is 0.120. The molecule has 0 bridgehead atoms. The van der Waals surface area contributed by atoms with Crippen LogP contribution in [-0.4, -0.2) is 25.0 Å². The average molecular weight is 299 g/mol. The third-order valence-electron chi connectivity index (χ3n) is 3.02. The molecule has 0 saturated carbocycles. The molecule has 96 valence electrons. The van der Waals surface area contributed by atoms with Crippen molar-refractivity contribution in [3.8, 4) is 0 Å². The van der Waals surface area contributed by atoms with Gasteiger partial charge >= 0.3 is 0 Å². The number of hydrogen-bond donors (Lipinski definition) is 1. The summed E-state index contributed by atoms with van der Waals surface area (Å²) in [5, 5.41) is 0. The quantitative estimate of drug-likeness (QED) is 0.834. The summed E-state index contributed by atoms with van der Waals surface area (Å²) in [5.74, 6) is 0. The summed E-state index contributed by atoms with van der Waals surface area (Å²) in [5.41, 5.74) is 7.42. The fourth-order valence-electron chi connectivity index (χ4n) is 1.83. The lowest BCUT2D eigenvalue weighted by Crippen LogP contribution is -2.24. The maximum absolute atomic E-state index is 6.22. The Morgan fingerprint density at radius 2 is 2.00 bits per heavy atom. The van der Waals surface area contributed by atoms with Gasteiger partial charge in [-0.1, -0.05) is 47.5 Å². The summed E-state index contributed by atoms with van der Waals surface area (Å²) >= 11 is 3.55. The Kier molecular flexibility index (Phi) is 6.78. The summed E-state index contributed by atoms with van der Waals surface area (Å²) in [6, 6.07) is 8.33. The van der Waals surface area contributed by atoms with Crippen molar-refractivity contribution in [2.45, 2.75) is 32.2 Å². The van der Waals surface area contributed by atoms with Gasteiger partial charge in [0.05, 0.1) is 0 Å². The van der Waals surface area contributed by atoms with Crippen LogP contribution >= 0.6 is 15.9 Å². The average Bonchev–Trinajstić information content (AvgIpc) is 2.34. The molecule has 0 fully saturated rings. The molecule has 2 N–H and O–H groups in total. The lowest BCUT2D eigenvalue weighted by Gasteiger charge is -2.20. The summed E-state index contributed by atoms with van der Waals surface area (Å²) in [4.78, 5) is 2.36. The van der Waals surface area contributed by atoms with E-state index < -0.39 is 0 Å². The number of halogens is 1. The molecular formula is C14H23BrN2. The van der Waals surface area contributed by atoms with Crippen molar-refractivity contribution in [2.75, 3.05) is 20.1 Å². The van der Waals surface area contributed by atoms with E-state index in [1.54, 1.807) is 0 Å². The third-order valence-corrected chi connectivity index (χ3v) is 3.74. The van der Waals surface area contributed by atoms with Crippen molar-refractivity contribution < 1.29 is 0 Å². The molecule has 17 heavy (non-hydrogen) atoms. The number of benzene rings is 1. The molecule has 0 aliphatic carbocycles. The topological polar surface area (TPSA) is 29.3 Å². The van der Waals surface area contributed by atoms with Crippen LogP contribution in [0.25, 0.3) is 0 Å². The number of rotatable bonds is 7. The zero-order chi connectivity index (χ0) is 12.7. The molecule has 1 aromatic carbocycles. The predicted octanol–water partition coefficient (Wildman–Crippen LogP) is 3.57. The van der Waals surface area contributed by atoms with Gasteiger partial charge in [0.2, 0.25) is 0 Å². The van der Waals surface area contributed by atoms with Crippen LogP contribution in [0.1, 0.15) is 37.8 Å². The Morgan fingerprint density at radius 1 is 1.29 bits per heavy atom. The highest BCUT2D eigenvalue weighted by molar-refractivity contribution is 9.10. The van der Waals surface area contributed by atoms with Crippen molar-refractivity contribution in [1.29, 1.82) is 0 Å². The Bertz CT molecular complexity index is 328. The molecular weight excluding hydrogens is 276 g/mol. The highest BCUT2D eigenvalue weighted by atomic mass is 79.9. The lowest BCUT2D eigenvalue weighted by molar-refractivity contribution is 0.313. The van der Waals surface area contributed by atoms with Crippen LogP contribution in [0.15, 0.2) is 28.7 Å². The van der Waals surface area contributed by atoms with Gasteiger partial charge in [0.1, 0.15) is 0 Å². The first-order valence-corrected chi connectivity index (χ1v) is 7.13. The van der Waals surface area contributed by atoms with Crippen LogP contribution in [0, 0.1) is 0 Å². The second-order valence-corrected chi connectivity index (χ2v) is 5.43. The third kappa shape index (κ3) is 5.19. The van der Waals surface area contributed by atoms with Crippen molar-refractivity contribution in [2.24, 2.45) is 5.73 Å². The summed E-state index contributed by atoms with van der Waals surface area (Å²) in [6.07, 6.45) is 3.52. The van der Waals surface area contributed by atoms with E-state index >= 15 is 0 Å². The zero-order valence-corrected chi connectivity index (χ0v) is 12.4. The van der Waals surface area contributed by atoms with Gasteiger partial charge in [-0.3, -0.25) is 0 Å². The van der Waals surface area contributed by atoms with E-state index in [0.717, 1.165) is 17.4 Å². The highest BCUT2D eigenvalue weighted by Crippen LogP contribution is 2.23. The molecule has 0 heterocycles. The molecule has 1 atom stereocenters. The van der Waals surface area contributed by atoms with Crippen LogP contribution in [0.3, 0.4) is 0 Å². The van der Waals surface area contributed by atoms with Gasteiger partial charge in [0.15, 0.2) is 0 Å². The van der Waals surface area contributed by atoms with E-state index in [9.17, 15) is 0 Å². The van der Waals surface area contributed by atoms with Gasteiger partial charge < -0.3 is 10.6 Å². The number of nitrogens with two attached hydrogens (primary N) is 1. The Balaban J connectivity index is 2.39. The molecule has 2 nitrogen and oxygen atoms in total. The van der Waals surface area contributed by atoms with Crippen LogP contribution in [0.2, 0.25) is 0 Å². The second kappa shape index (κ2) is 7.85. The Hall–Kier alpha value is -0.380. The molecule has 0 radical (unpaired) electrons. The summed E-state index contributed by atoms with van der Waals surface area (Å²) < 4.78 is 1.11. The Labute approximate surface area is 113 Å². The predicted molar refractivity (Wildman–Crippen MR) is 78.1 cm³/mol. The molecule has 0 amide bonds. The molecule has 0 saturated heterocycles. The van der Waals surface area contributed by atoms with Gasteiger partial charge in [0, 0.05) is 10.5 Å². The summed E-state index contributed by atoms with van der Waals surface area (Å²) in [6.45, 7) is 4.45. The molecule has 1 unspecified atom stereocenters. The highest BCUT2D eigenvalue weighted by Gasteiger charge is 2.10. The maximum Gasteiger partial charge on any atom is 0.0318 e. The first kappa shape index (κ1) is 14.7. The van der Waals surface area contributed by atoms with Gasteiger partial charge in [-0.2, -0.15) is 0 Å². The van der Waals surface area contributed by atoms with Gasteiger partial charge in [-0.25, -0.2) is 0 Å². The fraction of sp³-hybridized carbons (Fsp3) is 0.571. The molecule has 0 aliphatic rings. The standard InChI is InChI=1S/C14H23BrN2/c1-3-4-10-17(2)11-9-14(16)12-7-5-6-8-13(12)15/h5-8,14H,3-4,9-11,16H2,1-2H3. The van der Waals surface area contributed by atoms with E-state index in [-0.39, 0.29) is 6.04 Å². The van der Waals surface area contributed by atoms with Crippen molar-refractivity contribution in [1.82, 2.24) is 4.90 Å². The maximum atomic E-state index is 6.22. The van der Waals surface area contributed by atoms with Gasteiger partial charge in [-0.05, 0) is 44.6 Å². The second-order valence-electron chi connectivity index (χ2n) is 4.57. The fourth-order valence-corrected chi connectivity index (χ4v) is 2.41. The van der Waals surface area contributed by atoms with Gasteiger partial charge in [-0.15, -0.1) is 0 Å². The first-order valence-electron chi connectivity index (χ1n) is 6.33. The van der Waals surface area contributed by atoms with Crippen LogP contribution in [0.5, 0.6) is 0 Å². The molecule has 1 rings (SSSR count). The SMILES string of the molecule is CCCCN(C)CCC(N)c1ccccc1Br. The minimum atomic E-state index is 0.120. The smallest absolute Gasteiger partial charge is 0.0318 e. The van der Waals surface area contributed by atoms with Gasteiger partial charge in [0.25, 0.3) is 0 Å². The molecule has 3 heteroatoms. The minimum Gasteiger partial charge on any atom is -0.324 e. The molecule has 0 aromatic heterocycles. The van der Waals surface area contributed by atoms with E-state index in [1.807, 2.05) is 12.1 Å². The zero-order valence-electron chi connectivity index (χ0n) is 10.8. The number of unbranched alkanes of at least 4 members (excludes halogenated alkanes) is 1. The van der Waals surface area contributed by atoms with Crippen LogP contribution < -0.4 is 5.73 Å². The van der Waals surface area contributed by atoms with Crippen molar-refractivity contribution in [3.63, 3.8) is 0 Å². The van der Waals surface area contributed by atoms with E-state index in [2.05, 4.69) is 46.9 Å². The number of hydrogen-bond acceptors (Lipinski definition) is 2. The van der Waals surface area contributed by atoms with Crippen LogP contribution in [-0.2, 0) is 0 Å². The molecule has 0 spiro atoms. The Morgan fingerprint density at radius 3 is 2.65 bits per heavy atom.